The zero-order chi connectivity index (χ0) is 16.0. The van der Waals surface area contributed by atoms with Gasteiger partial charge in [0.25, 0.3) is 0 Å². The number of amides is 1. The van der Waals surface area contributed by atoms with Gasteiger partial charge in [0.05, 0.1) is 5.75 Å². The molecule has 0 bridgehead atoms. The van der Waals surface area contributed by atoms with Gasteiger partial charge in [-0.2, -0.15) is 0 Å². The molecule has 1 aromatic rings. The van der Waals surface area contributed by atoms with Crippen LogP contribution in [0.2, 0.25) is 0 Å². The number of hydrogen-bond acceptors (Lipinski definition) is 3. The third-order valence-electron chi connectivity index (χ3n) is 3.69. The van der Waals surface area contributed by atoms with E-state index in [-0.39, 0.29) is 30.4 Å². The highest BCUT2D eigenvalue weighted by molar-refractivity contribution is 7.89. The number of carbonyl (C=O) groups excluding carboxylic acids is 1. The molecule has 22 heavy (non-hydrogen) atoms. The normalized spacial score (nSPS) is 18.0. The Kier molecular flexibility index (Phi) is 5.90. The minimum atomic E-state index is -3.17. The number of carbonyl (C=O) groups is 1. The number of sulfonamides is 1. The summed E-state index contributed by atoms with van der Waals surface area (Å²) in [5.41, 5.74) is 0.945. The Hall–Kier alpha value is -1.47. The Balaban J connectivity index is 1.68. The summed E-state index contributed by atoms with van der Waals surface area (Å²) in [5.74, 6) is -0.266. The van der Waals surface area contributed by atoms with Gasteiger partial charge >= 0.3 is 0 Å². The van der Waals surface area contributed by atoms with Crippen LogP contribution in [-0.4, -0.2) is 44.0 Å². The first kappa shape index (κ1) is 16.9. The maximum absolute atomic E-state index is 12.8. The molecule has 5 nitrogen and oxygen atoms in total. The second-order valence-electron chi connectivity index (χ2n) is 5.40. The Labute approximate surface area is 130 Å². The first-order valence-corrected chi connectivity index (χ1v) is 9.07. The molecule has 0 spiro atoms. The fraction of sp³-hybridized carbons (Fsp3) is 0.533. The first-order valence-electron chi connectivity index (χ1n) is 7.46. The van der Waals surface area contributed by atoms with Crippen LogP contribution in [0.15, 0.2) is 24.3 Å². The Morgan fingerprint density at radius 1 is 1.23 bits per heavy atom. The van der Waals surface area contributed by atoms with E-state index in [1.54, 1.807) is 12.1 Å². The van der Waals surface area contributed by atoms with Gasteiger partial charge in [0.1, 0.15) is 5.82 Å². The number of hydrogen-bond donors (Lipinski definition) is 1. The van der Waals surface area contributed by atoms with Crippen molar-refractivity contribution in [3.05, 3.63) is 35.6 Å². The van der Waals surface area contributed by atoms with Crippen molar-refractivity contribution in [1.29, 1.82) is 0 Å². The molecule has 1 fully saturated rings. The van der Waals surface area contributed by atoms with E-state index >= 15 is 0 Å². The minimum Gasteiger partial charge on any atom is -0.356 e. The van der Waals surface area contributed by atoms with Gasteiger partial charge in [-0.15, -0.1) is 0 Å². The van der Waals surface area contributed by atoms with Crippen LogP contribution in [0.5, 0.6) is 0 Å². The summed E-state index contributed by atoms with van der Waals surface area (Å²) in [7, 11) is -3.17. The molecule has 1 heterocycles. The largest absolute Gasteiger partial charge is 0.356 e. The van der Waals surface area contributed by atoms with Gasteiger partial charge in [0, 0.05) is 26.1 Å². The molecule has 122 valence electrons. The number of nitrogens with zero attached hydrogens (tertiary/aromatic N) is 1. The van der Waals surface area contributed by atoms with Crippen LogP contribution in [-0.2, 0) is 21.2 Å². The molecule has 0 unspecified atom stereocenters. The van der Waals surface area contributed by atoms with Gasteiger partial charge in [-0.25, -0.2) is 17.1 Å². The molecule has 1 N–H and O–H groups in total. The topological polar surface area (TPSA) is 66.5 Å². The molecule has 2 rings (SSSR count). The number of rotatable bonds is 6. The van der Waals surface area contributed by atoms with Gasteiger partial charge < -0.3 is 5.32 Å². The van der Waals surface area contributed by atoms with Crippen LogP contribution in [0, 0.1) is 5.82 Å². The Bertz CT molecular complexity index is 602. The van der Waals surface area contributed by atoms with Crippen LogP contribution in [0.4, 0.5) is 4.39 Å². The van der Waals surface area contributed by atoms with Crippen molar-refractivity contribution in [2.45, 2.75) is 25.7 Å². The molecule has 1 aliphatic rings. The predicted octanol–water partition coefficient (Wildman–Crippen LogP) is 1.30. The monoisotopic (exact) mass is 328 g/mol. The van der Waals surface area contributed by atoms with Crippen molar-refractivity contribution < 1.29 is 17.6 Å². The second-order valence-corrected chi connectivity index (χ2v) is 7.49. The van der Waals surface area contributed by atoms with E-state index in [2.05, 4.69) is 5.32 Å². The van der Waals surface area contributed by atoms with Crippen molar-refractivity contribution in [2.75, 3.05) is 25.4 Å². The number of halogens is 1. The lowest BCUT2D eigenvalue weighted by molar-refractivity contribution is -0.121. The standard InChI is InChI=1S/C15H21FN2O3S/c16-14-5-3-13(4-6-14)7-9-17-15(19)8-11-18-10-1-2-12-22(18,20)21/h3-6H,1-2,7-12H2,(H,17,19). The maximum atomic E-state index is 12.8. The van der Waals surface area contributed by atoms with Crippen LogP contribution in [0.3, 0.4) is 0 Å². The van der Waals surface area contributed by atoms with Crippen LogP contribution < -0.4 is 5.32 Å². The lowest BCUT2D eigenvalue weighted by Gasteiger charge is -2.25. The molecule has 0 aromatic heterocycles. The van der Waals surface area contributed by atoms with Gasteiger partial charge in [-0.05, 0) is 37.0 Å². The van der Waals surface area contributed by atoms with E-state index < -0.39 is 10.0 Å². The molecular weight excluding hydrogens is 307 g/mol. The lowest BCUT2D eigenvalue weighted by Crippen LogP contribution is -2.40. The summed E-state index contributed by atoms with van der Waals surface area (Å²) < 4.78 is 37.7. The number of benzene rings is 1. The SMILES string of the molecule is O=C(CCN1CCCCS1(=O)=O)NCCc1ccc(F)cc1. The molecule has 0 saturated carbocycles. The average Bonchev–Trinajstić information content (AvgIpc) is 2.48. The highest BCUT2D eigenvalue weighted by Gasteiger charge is 2.25. The van der Waals surface area contributed by atoms with Crippen molar-refractivity contribution in [3.63, 3.8) is 0 Å². The van der Waals surface area contributed by atoms with E-state index in [1.165, 1.54) is 16.4 Å². The summed E-state index contributed by atoms with van der Waals surface area (Å²) in [6.07, 6.45) is 2.34. The highest BCUT2D eigenvalue weighted by atomic mass is 32.2. The van der Waals surface area contributed by atoms with E-state index in [4.69, 9.17) is 0 Å². The summed E-state index contributed by atoms with van der Waals surface area (Å²) >= 11 is 0. The van der Waals surface area contributed by atoms with E-state index in [1.807, 2.05) is 0 Å². The molecule has 0 radical (unpaired) electrons. The van der Waals surface area contributed by atoms with Gasteiger partial charge in [0.15, 0.2) is 0 Å². The zero-order valence-corrected chi connectivity index (χ0v) is 13.2. The summed E-state index contributed by atoms with van der Waals surface area (Å²) in [6.45, 7) is 1.20. The van der Waals surface area contributed by atoms with Gasteiger partial charge in [-0.3, -0.25) is 4.79 Å². The van der Waals surface area contributed by atoms with Crippen molar-refractivity contribution in [1.82, 2.24) is 9.62 Å². The van der Waals surface area contributed by atoms with Gasteiger partial charge in [-0.1, -0.05) is 12.1 Å². The molecule has 7 heteroatoms. The highest BCUT2D eigenvalue weighted by Crippen LogP contribution is 2.13. The molecule has 1 aromatic carbocycles. The first-order chi connectivity index (χ1) is 10.5. The van der Waals surface area contributed by atoms with Gasteiger partial charge in [0.2, 0.25) is 15.9 Å². The molecule has 1 aliphatic heterocycles. The average molecular weight is 328 g/mol. The van der Waals surface area contributed by atoms with Crippen molar-refractivity contribution >= 4 is 15.9 Å². The summed E-state index contributed by atoms with van der Waals surface area (Å²) in [4.78, 5) is 11.7. The summed E-state index contributed by atoms with van der Waals surface area (Å²) in [5, 5.41) is 2.76. The Morgan fingerprint density at radius 2 is 1.95 bits per heavy atom. The van der Waals surface area contributed by atoms with Crippen LogP contribution >= 0.6 is 0 Å². The van der Waals surface area contributed by atoms with E-state index in [0.717, 1.165) is 12.0 Å². The quantitative estimate of drug-likeness (QED) is 0.856. The molecule has 1 amide bonds. The molecule has 0 aliphatic carbocycles. The van der Waals surface area contributed by atoms with E-state index in [9.17, 15) is 17.6 Å². The number of nitrogens with one attached hydrogen (secondary N) is 1. The second kappa shape index (κ2) is 7.69. The fourth-order valence-electron chi connectivity index (χ4n) is 2.40. The smallest absolute Gasteiger partial charge is 0.221 e. The molecule has 0 atom stereocenters. The van der Waals surface area contributed by atoms with E-state index in [0.29, 0.717) is 25.9 Å². The lowest BCUT2D eigenvalue weighted by atomic mass is 10.1. The van der Waals surface area contributed by atoms with Crippen molar-refractivity contribution in [3.8, 4) is 0 Å². The minimum absolute atomic E-state index is 0.164. The summed E-state index contributed by atoms with van der Waals surface area (Å²) in [6, 6.07) is 6.14. The fourth-order valence-corrected chi connectivity index (χ4v) is 4.01. The third kappa shape index (κ3) is 5.06. The van der Waals surface area contributed by atoms with Crippen molar-refractivity contribution in [2.24, 2.45) is 0 Å². The predicted molar refractivity (Wildman–Crippen MR) is 82.3 cm³/mol. The van der Waals surface area contributed by atoms with Crippen LogP contribution in [0.1, 0.15) is 24.8 Å². The third-order valence-corrected chi connectivity index (χ3v) is 5.65. The zero-order valence-electron chi connectivity index (χ0n) is 12.4. The molecule has 1 saturated heterocycles. The Morgan fingerprint density at radius 3 is 2.64 bits per heavy atom. The van der Waals surface area contributed by atoms with Crippen LogP contribution in [0.25, 0.3) is 0 Å². The molecular formula is C15H21FN2O3S. The maximum Gasteiger partial charge on any atom is 0.221 e.